The number of carbonyl (C=O) groups excluding carboxylic acids is 1. The Morgan fingerprint density at radius 1 is 1.18 bits per heavy atom. The van der Waals surface area contributed by atoms with Crippen molar-refractivity contribution in [3.63, 3.8) is 0 Å². The Hall–Kier alpha value is -3.46. The highest BCUT2D eigenvalue weighted by molar-refractivity contribution is 7.11. The lowest BCUT2D eigenvalue weighted by Gasteiger charge is -2.27. The van der Waals surface area contributed by atoms with Gasteiger partial charge in [-0.2, -0.15) is 0 Å². The molecule has 0 atom stereocenters. The third-order valence-electron chi connectivity index (χ3n) is 6.20. The van der Waals surface area contributed by atoms with E-state index in [2.05, 4.69) is 4.98 Å². The van der Waals surface area contributed by atoms with Crippen LogP contribution in [0.15, 0.2) is 41.3 Å². The van der Waals surface area contributed by atoms with Gasteiger partial charge in [-0.25, -0.2) is 14.2 Å². The number of nitrogens with zero attached hydrogens (tertiary/aromatic N) is 3. The van der Waals surface area contributed by atoms with Crippen molar-refractivity contribution in [2.24, 2.45) is 0 Å². The number of hydrogen-bond acceptors (Lipinski definition) is 6. The summed E-state index contributed by atoms with van der Waals surface area (Å²) in [7, 11) is 0. The standard InChI is InChI=1S/C29H34FN3O4S/c1-19-20(2)38-26(31-19)18-36-25-10-12-33(27(34)16-25)24-9-8-22-14-21(6-7-23(22)15-24)17-32(13-11-30)28(35)37-29(3,4)5/h6-7,10,12,14-16H,8-9,11,13,17-18H2,1-5H3. The van der Waals surface area contributed by atoms with Crippen LogP contribution in [-0.4, -0.2) is 39.4 Å². The molecule has 202 valence electrons. The van der Waals surface area contributed by atoms with E-state index in [0.29, 0.717) is 18.8 Å². The van der Waals surface area contributed by atoms with Gasteiger partial charge in [-0.1, -0.05) is 18.2 Å². The van der Waals surface area contributed by atoms with Gasteiger partial charge in [0.15, 0.2) is 0 Å². The Morgan fingerprint density at radius 3 is 2.63 bits per heavy atom. The predicted molar refractivity (Wildman–Crippen MR) is 148 cm³/mol. The summed E-state index contributed by atoms with van der Waals surface area (Å²) in [6.45, 7) is 9.30. The lowest BCUT2D eigenvalue weighted by atomic mass is 9.93. The molecule has 0 saturated heterocycles. The Bertz CT molecular complexity index is 1380. The summed E-state index contributed by atoms with van der Waals surface area (Å²) in [5, 5.41) is 0.883. The topological polar surface area (TPSA) is 73.7 Å². The number of aromatic nitrogens is 2. The van der Waals surface area contributed by atoms with Crippen molar-refractivity contribution >= 4 is 29.2 Å². The van der Waals surface area contributed by atoms with Gasteiger partial charge in [-0.15, -0.1) is 11.3 Å². The summed E-state index contributed by atoms with van der Waals surface area (Å²) in [5.41, 5.74) is 4.15. The van der Waals surface area contributed by atoms with Crippen LogP contribution in [0.3, 0.4) is 0 Å². The molecule has 2 heterocycles. The van der Waals surface area contributed by atoms with Gasteiger partial charge in [0.2, 0.25) is 0 Å². The number of rotatable bonds is 8. The molecule has 0 radical (unpaired) electrons. The minimum atomic E-state index is -0.648. The molecule has 0 bridgehead atoms. The lowest BCUT2D eigenvalue weighted by molar-refractivity contribution is 0.0222. The normalized spacial score (nSPS) is 13.1. The number of benzene rings is 1. The molecule has 2 aromatic heterocycles. The Labute approximate surface area is 226 Å². The smallest absolute Gasteiger partial charge is 0.410 e. The number of hydrogen-bond donors (Lipinski definition) is 0. The molecular weight excluding hydrogens is 505 g/mol. The van der Waals surface area contributed by atoms with Gasteiger partial charge < -0.3 is 14.4 Å². The summed E-state index contributed by atoms with van der Waals surface area (Å²) in [4.78, 5) is 32.4. The second kappa shape index (κ2) is 11.5. The molecule has 1 aromatic carbocycles. The van der Waals surface area contributed by atoms with E-state index in [0.717, 1.165) is 44.4 Å². The first-order chi connectivity index (χ1) is 18.0. The molecule has 0 saturated carbocycles. The predicted octanol–water partition coefficient (Wildman–Crippen LogP) is 6.15. The zero-order valence-electron chi connectivity index (χ0n) is 22.5. The van der Waals surface area contributed by atoms with Crippen molar-refractivity contribution in [3.8, 4) is 5.75 Å². The van der Waals surface area contributed by atoms with Gasteiger partial charge in [-0.3, -0.25) is 9.36 Å². The van der Waals surface area contributed by atoms with Crippen LogP contribution in [0.4, 0.5) is 9.18 Å². The Kier molecular flexibility index (Phi) is 8.35. The van der Waals surface area contributed by atoms with E-state index in [4.69, 9.17) is 9.47 Å². The van der Waals surface area contributed by atoms with Gasteiger partial charge >= 0.3 is 6.09 Å². The number of pyridine rings is 1. The molecule has 3 aromatic rings. The third kappa shape index (κ3) is 6.89. The number of aryl methyl sites for hydroxylation is 3. The molecule has 0 spiro atoms. The molecular formula is C29H34FN3O4S. The van der Waals surface area contributed by atoms with E-state index in [1.807, 2.05) is 38.1 Å². The number of amides is 1. The summed E-state index contributed by atoms with van der Waals surface area (Å²) < 4.78 is 26.0. The Balaban J connectivity index is 1.46. The molecule has 1 aliphatic carbocycles. The zero-order chi connectivity index (χ0) is 27.4. The van der Waals surface area contributed by atoms with Crippen molar-refractivity contribution in [1.29, 1.82) is 0 Å². The van der Waals surface area contributed by atoms with Crippen LogP contribution < -0.4 is 10.3 Å². The second-order valence-electron chi connectivity index (χ2n) is 10.4. The number of carbonyl (C=O) groups is 1. The summed E-state index contributed by atoms with van der Waals surface area (Å²) in [6.07, 6.45) is 4.67. The average molecular weight is 540 g/mol. The van der Waals surface area contributed by atoms with Crippen LogP contribution in [0.5, 0.6) is 5.75 Å². The van der Waals surface area contributed by atoms with E-state index in [1.165, 1.54) is 11.0 Å². The van der Waals surface area contributed by atoms with Gasteiger partial charge in [0.05, 0.1) is 12.2 Å². The van der Waals surface area contributed by atoms with E-state index in [-0.39, 0.29) is 18.6 Å². The van der Waals surface area contributed by atoms with Gasteiger partial charge in [0.1, 0.15) is 29.6 Å². The fourth-order valence-electron chi connectivity index (χ4n) is 4.24. The highest BCUT2D eigenvalue weighted by atomic mass is 32.1. The average Bonchev–Trinajstić information content (AvgIpc) is 3.18. The largest absolute Gasteiger partial charge is 0.486 e. The minimum Gasteiger partial charge on any atom is -0.486 e. The number of allylic oxidation sites excluding steroid dienone is 1. The fourth-order valence-corrected chi connectivity index (χ4v) is 5.08. The van der Waals surface area contributed by atoms with E-state index < -0.39 is 18.4 Å². The first kappa shape index (κ1) is 27.6. The number of fused-ring (bicyclic) bond motifs is 1. The molecule has 7 nitrogen and oxygen atoms in total. The number of alkyl halides is 1. The van der Waals surface area contributed by atoms with Gasteiger partial charge in [-0.05, 0) is 76.3 Å². The second-order valence-corrected chi connectivity index (χ2v) is 11.7. The van der Waals surface area contributed by atoms with Crippen LogP contribution >= 0.6 is 11.3 Å². The Morgan fingerprint density at radius 2 is 1.97 bits per heavy atom. The maximum absolute atomic E-state index is 13.1. The maximum atomic E-state index is 13.1. The number of ether oxygens (including phenoxy) is 2. The van der Waals surface area contributed by atoms with E-state index >= 15 is 0 Å². The first-order valence-corrected chi connectivity index (χ1v) is 13.5. The number of thiazole rings is 1. The third-order valence-corrected chi connectivity index (χ3v) is 7.24. The molecule has 4 rings (SSSR count). The minimum absolute atomic E-state index is 0.0260. The van der Waals surface area contributed by atoms with E-state index in [1.54, 1.807) is 48.9 Å². The monoisotopic (exact) mass is 539 g/mol. The summed E-state index contributed by atoms with van der Waals surface area (Å²) in [5.74, 6) is 0.515. The molecule has 1 amide bonds. The van der Waals surface area contributed by atoms with Crippen molar-refractivity contribution < 1.29 is 18.7 Å². The maximum Gasteiger partial charge on any atom is 0.410 e. The van der Waals surface area contributed by atoms with Crippen LogP contribution in [0.1, 0.15) is 59.5 Å². The first-order valence-electron chi connectivity index (χ1n) is 12.7. The van der Waals surface area contributed by atoms with E-state index in [9.17, 15) is 14.0 Å². The quantitative estimate of drug-likeness (QED) is 0.343. The molecule has 0 fully saturated rings. The van der Waals surface area contributed by atoms with Crippen LogP contribution in [0, 0.1) is 13.8 Å². The SMILES string of the molecule is Cc1nc(COc2ccn(C3=Cc4ccc(CN(CCF)C(=O)OC(C)(C)C)cc4CC3)c(=O)c2)sc1C. The van der Waals surface area contributed by atoms with Crippen molar-refractivity contribution in [2.75, 3.05) is 13.2 Å². The molecule has 0 N–H and O–H groups in total. The highest BCUT2D eigenvalue weighted by Gasteiger charge is 2.23. The van der Waals surface area contributed by atoms with Crippen LogP contribution in [0.25, 0.3) is 11.8 Å². The van der Waals surface area contributed by atoms with Crippen molar-refractivity contribution in [2.45, 2.75) is 66.2 Å². The van der Waals surface area contributed by atoms with Crippen molar-refractivity contribution in [3.05, 3.63) is 79.2 Å². The molecule has 0 aliphatic heterocycles. The zero-order valence-corrected chi connectivity index (χ0v) is 23.4. The molecule has 0 unspecified atom stereocenters. The molecule has 1 aliphatic rings. The van der Waals surface area contributed by atoms with Crippen LogP contribution in [0.2, 0.25) is 0 Å². The number of halogens is 1. The molecule has 9 heteroatoms. The lowest BCUT2D eigenvalue weighted by Crippen LogP contribution is -2.37. The summed E-state index contributed by atoms with van der Waals surface area (Å²) >= 11 is 1.60. The van der Waals surface area contributed by atoms with Crippen molar-refractivity contribution in [1.82, 2.24) is 14.5 Å². The highest BCUT2D eigenvalue weighted by Crippen LogP contribution is 2.28. The van der Waals surface area contributed by atoms with Gasteiger partial charge in [0, 0.05) is 29.4 Å². The van der Waals surface area contributed by atoms with Gasteiger partial charge in [0.25, 0.3) is 5.56 Å². The van der Waals surface area contributed by atoms with Crippen LogP contribution in [-0.2, 0) is 24.3 Å². The molecule has 38 heavy (non-hydrogen) atoms. The summed E-state index contributed by atoms with van der Waals surface area (Å²) in [6, 6.07) is 9.25. The fraction of sp³-hybridized carbons (Fsp3) is 0.414.